The van der Waals surface area contributed by atoms with Gasteiger partial charge in [0.05, 0.1) is 19.7 Å². The number of benzene rings is 3. The fourth-order valence-corrected chi connectivity index (χ4v) is 4.98. The molecule has 2 heterocycles. The number of aromatic amines is 1. The first kappa shape index (κ1) is 26.3. The van der Waals surface area contributed by atoms with Crippen LogP contribution in [0.25, 0.3) is 10.9 Å². The Kier molecular flexibility index (Phi) is 7.84. The van der Waals surface area contributed by atoms with Crippen LogP contribution < -0.4 is 10.3 Å². The SMILES string of the molecule is CC[C@@H](c1nnnn1Cc1ccc(OC)cc1)N(Cc1ccc(C)cc1)Cc1cc2cc(C)ccc2[nH]c1=O. The second kappa shape index (κ2) is 11.6. The van der Waals surface area contributed by atoms with E-state index >= 15 is 0 Å². The van der Waals surface area contributed by atoms with Gasteiger partial charge in [-0.15, -0.1) is 5.10 Å². The van der Waals surface area contributed by atoms with Gasteiger partial charge in [0.25, 0.3) is 5.56 Å². The molecule has 8 heteroatoms. The van der Waals surface area contributed by atoms with Crippen molar-refractivity contribution in [1.82, 2.24) is 30.1 Å². The van der Waals surface area contributed by atoms with Crippen molar-refractivity contribution >= 4 is 10.9 Å². The smallest absolute Gasteiger partial charge is 0.252 e. The minimum absolute atomic E-state index is 0.0760. The molecule has 0 bridgehead atoms. The number of pyridine rings is 1. The topological polar surface area (TPSA) is 88.9 Å². The van der Waals surface area contributed by atoms with Crippen LogP contribution in [0.4, 0.5) is 0 Å². The van der Waals surface area contributed by atoms with Crippen molar-refractivity contribution in [3.05, 3.63) is 117 Å². The molecular weight excluding hydrogens is 488 g/mol. The van der Waals surface area contributed by atoms with Gasteiger partial charge in [-0.05, 0) is 77.5 Å². The molecule has 39 heavy (non-hydrogen) atoms. The Morgan fingerprint density at radius 1 is 0.923 bits per heavy atom. The fraction of sp³-hybridized carbons (Fsp3) is 0.290. The predicted octanol–water partition coefficient (Wildman–Crippen LogP) is 5.34. The van der Waals surface area contributed by atoms with E-state index in [1.54, 1.807) is 7.11 Å². The lowest BCUT2D eigenvalue weighted by molar-refractivity contribution is 0.161. The molecule has 0 radical (unpaired) electrons. The minimum Gasteiger partial charge on any atom is -0.497 e. The van der Waals surface area contributed by atoms with E-state index in [-0.39, 0.29) is 11.6 Å². The summed E-state index contributed by atoms with van der Waals surface area (Å²) in [6.45, 7) is 7.93. The molecule has 2 aromatic heterocycles. The molecule has 1 atom stereocenters. The van der Waals surface area contributed by atoms with Crippen LogP contribution in [0.2, 0.25) is 0 Å². The van der Waals surface area contributed by atoms with Gasteiger partial charge in [0.2, 0.25) is 0 Å². The van der Waals surface area contributed by atoms with E-state index in [1.165, 1.54) is 11.1 Å². The summed E-state index contributed by atoms with van der Waals surface area (Å²) in [4.78, 5) is 18.5. The Morgan fingerprint density at radius 2 is 1.64 bits per heavy atom. The molecule has 0 aliphatic carbocycles. The van der Waals surface area contributed by atoms with E-state index in [9.17, 15) is 4.79 Å². The monoisotopic (exact) mass is 522 g/mol. The Hall–Kier alpha value is -4.30. The number of hydrogen-bond acceptors (Lipinski definition) is 6. The number of ether oxygens (including phenoxy) is 1. The van der Waals surface area contributed by atoms with Gasteiger partial charge in [-0.2, -0.15) is 0 Å². The van der Waals surface area contributed by atoms with Crippen LogP contribution in [0.15, 0.2) is 77.6 Å². The lowest BCUT2D eigenvalue weighted by Gasteiger charge is -2.30. The summed E-state index contributed by atoms with van der Waals surface area (Å²) in [5, 5.41) is 13.9. The van der Waals surface area contributed by atoms with Gasteiger partial charge in [-0.1, -0.05) is 60.5 Å². The summed E-state index contributed by atoms with van der Waals surface area (Å²) in [5.41, 5.74) is 6.09. The van der Waals surface area contributed by atoms with E-state index in [0.717, 1.165) is 40.0 Å². The average molecular weight is 523 g/mol. The Balaban J connectivity index is 1.50. The van der Waals surface area contributed by atoms with Crippen molar-refractivity contribution in [3.63, 3.8) is 0 Å². The molecule has 0 amide bonds. The van der Waals surface area contributed by atoms with Crippen LogP contribution in [0.1, 0.15) is 53.0 Å². The van der Waals surface area contributed by atoms with E-state index in [4.69, 9.17) is 4.74 Å². The van der Waals surface area contributed by atoms with E-state index in [1.807, 2.05) is 47.1 Å². The summed E-state index contributed by atoms with van der Waals surface area (Å²) < 4.78 is 7.15. The zero-order chi connectivity index (χ0) is 27.4. The van der Waals surface area contributed by atoms with E-state index < -0.39 is 0 Å². The predicted molar refractivity (Wildman–Crippen MR) is 153 cm³/mol. The van der Waals surface area contributed by atoms with Gasteiger partial charge in [0.1, 0.15) is 5.75 Å². The highest BCUT2D eigenvalue weighted by atomic mass is 16.5. The van der Waals surface area contributed by atoms with Gasteiger partial charge in [-0.25, -0.2) is 4.68 Å². The highest BCUT2D eigenvalue weighted by Crippen LogP contribution is 2.27. The fourth-order valence-electron chi connectivity index (χ4n) is 4.98. The largest absolute Gasteiger partial charge is 0.497 e. The number of tetrazole rings is 1. The summed E-state index contributed by atoms with van der Waals surface area (Å²) >= 11 is 0. The molecule has 5 rings (SSSR count). The number of rotatable bonds is 10. The maximum atomic E-state index is 13.2. The van der Waals surface area contributed by atoms with Crippen LogP contribution in [-0.4, -0.2) is 37.2 Å². The number of methoxy groups -OCH3 is 1. The molecule has 0 saturated heterocycles. The van der Waals surface area contributed by atoms with E-state index in [2.05, 4.69) is 76.5 Å². The first-order chi connectivity index (χ1) is 18.9. The quantitative estimate of drug-likeness (QED) is 0.266. The molecule has 0 aliphatic heterocycles. The van der Waals surface area contributed by atoms with Gasteiger partial charge in [0.15, 0.2) is 5.82 Å². The molecule has 0 aliphatic rings. The van der Waals surface area contributed by atoms with Crippen molar-refractivity contribution in [2.24, 2.45) is 0 Å². The van der Waals surface area contributed by atoms with Crippen LogP contribution >= 0.6 is 0 Å². The number of fused-ring (bicyclic) bond motifs is 1. The van der Waals surface area contributed by atoms with Crippen molar-refractivity contribution < 1.29 is 4.74 Å². The average Bonchev–Trinajstić information content (AvgIpc) is 3.39. The maximum Gasteiger partial charge on any atom is 0.252 e. The Morgan fingerprint density at radius 3 is 2.36 bits per heavy atom. The molecule has 0 fully saturated rings. The molecular formula is C31H34N6O2. The van der Waals surface area contributed by atoms with Crippen LogP contribution in [-0.2, 0) is 19.6 Å². The number of aryl methyl sites for hydroxylation is 2. The molecule has 0 spiro atoms. The summed E-state index contributed by atoms with van der Waals surface area (Å²) in [5.74, 6) is 1.58. The maximum absolute atomic E-state index is 13.2. The third kappa shape index (κ3) is 6.07. The Labute approximate surface area is 228 Å². The number of nitrogens with zero attached hydrogens (tertiary/aromatic N) is 5. The third-order valence-corrected chi connectivity index (χ3v) is 7.13. The second-order valence-corrected chi connectivity index (χ2v) is 10.1. The third-order valence-electron chi connectivity index (χ3n) is 7.13. The van der Waals surface area contributed by atoms with Crippen molar-refractivity contribution in [2.75, 3.05) is 7.11 Å². The van der Waals surface area contributed by atoms with Crippen LogP contribution in [0.3, 0.4) is 0 Å². The first-order valence-electron chi connectivity index (χ1n) is 13.2. The summed E-state index contributed by atoms with van der Waals surface area (Å²) in [7, 11) is 1.66. The molecule has 0 saturated carbocycles. The summed E-state index contributed by atoms with van der Waals surface area (Å²) in [6, 6.07) is 24.4. The zero-order valence-corrected chi connectivity index (χ0v) is 22.9. The number of aromatic nitrogens is 5. The zero-order valence-electron chi connectivity index (χ0n) is 22.9. The number of nitrogens with one attached hydrogen (secondary N) is 1. The molecule has 3 aromatic carbocycles. The lowest BCUT2D eigenvalue weighted by Crippen LogP contribution is -2.32. The van der Waals surface area contributed by atoms with Crippen molar-refractivity contribution in [2.45, 2.75) is 52.9 Å². The number of H-pyrrole nitrogens is 1. The normalized spacial score (nSPS) is 12.2. The molecule has 0 unspecified atom stereocenters. The first-order valence-corrected chi connectivity index (χ1v) is 13.2. The number of hydrogen-bond donors (Lipinski definition) is 1. The van der Waals surface area contributed by atoms with Crippen molar-refractivity contribution in [1.29, 1.82) is 0 Å². The minimum atomic E-state index is -0.104. The van der Waals surface area contributed by atoms with Crippen molar-refractivity contribution in [3.8, 4) is 5.75 Å². The lowest BCUT2D eigenvalue weighted by atomic mass is 10.1. The summed E-state index contributed by atoms with van der Waals surface area (Å²) in [6.07, 6.45) is 0.777. The molecule has 8 nitrogen and oxygen atoms in total. The van der Waals surface area contributed by atoms with Gasteiger partial charge in [0, 0.05) is 24.2 Å². The highest BCUT2D eigenvalue weighted by Gasteiger charge is 2.26. The van der Waals surface area contributed by atoms with E-state index in [0.29, 0.717) is 25.2 Å². The second-order valence-electron chi connectivity index (χ2n) is 10.1. The molecule has 5 aromatic rings. The standard InChI is InChI=1S/C31H34N6O2/c1-5-29(30-33-34-35-37(30)19-24-11-13-27(39-4)14-12-24)36(18-23-9-6-21(2)7-10-23)20-26-17-25-16-22(3)8-15-28(25)32-31(26)38/h6-17,29H,5,18-20H2,1-4H3,(H,32,38)/t29-/m0/s1. The Bertz CT molecular complexity index is 1610. The van der Waals surface area contributed by atoms with Gasteiger partial charge in [-0.3, -0.25) is 9.69 Å². The molecule has 200 valence electrons. The van der Waals surface area contributed by atoms with Crippen LogP contribution in [0, 0.1) is 13.8 Å². The van der Waals surface area contributed by atoms with Gasteiger partial charge < -0.3 is 9.72 Å². The van der Waals surface area contributed by atoms with Crippen LogP contribution in [0.5, 0.6) is 5.75 Å². The van der Waals surface area contributed by atoms with Gasteiger partial charge >= 0.3 is 0 Å². The molecule has 1 N–H and O–H groups in total. The highest BCUT2D eigenvalue weighted by molar-refractivity contribution is 5.79.